The predicted molar refractivity (Wildman–Crippen MR) is 86.5 cm³/mol. The van der Waals surface area contributed by atoms with Crippen molar-refractivity contribution in [1.29, 1.82) is 0 Å². The van der Waals surface area contributed by atoms with Crippen molar-refractivity contribution < 1.29 is 14.3 Å². The second kappa shape index (κ2) is 7.41. The predicted octanol–water partition coefficient (Wildman–Crippen LogP) is 3.64. The lowest BCUT2D eigenvalue weighted by molar-refractivity contribution is -0.118. The van der Waals surface area contributed by atoms with E-state index in [4.69, 9.17) is 4.74 Å². The van der Waals surface area contributed by atoms with E-state index in [1.54, 1.807) is 24.3 Å². The second-order valence-electron chi connectivity index (χ2n) is 5.30. The molecule has 0 radical (unpaired) electrons. The summed E-state index contributed by atoms with van der Waals surface area (Å²) in [5.74, 6) is 0.787. The molecule has 114 valence electrons. The van der Waals surface area contributed by atoms with Gasteiger partial charge in [-0.25, -0.2) is 0 Å². The van der Waals surface area contributed by atoms with Gasteiger partial charge in [-0.3, -0.25) is 9.59 Å². The topological polar surface area (TPSA) is 55.4 Å². The quantitative estimate of drug-likeness (QED) is 0.828. The molecular weight excluding hydrogens is 278 g/mol. The van der Waals surface area contributed by atoms with Crippen LogP contribution >= 0.6 is 0 Å². The molecule has 22 heavy (non-hydrogen) atoms. The molecule has 0 bridgehead atoms. The first-order valence-electron chi connectivity index (χ1n) is 7.16. The fourth-order valence-electron chi connectivity index (χ4n) is 1.94. The first-order valence-corrected chi connectivity index (χ1v) is 7.16. The van der Waals surface area contributed by atoms with Crippen LogP contribution in [0.25, 0.3) is 0 Å². The average molecular weight is 297 g/mol. The molecule has 1 amide bonds. The van der Waals surface area contributed by atoms with E-state index in [9.17, 15) is 9.59 Å². The molecule has 0 atom stereocenters. The van der Waals surface area contributed by atoms with Crippen LogP contribution < -0.4 is 10.1 Å². The Balaban J connectivity index is 1.85. The Kier molecular flexibility index (Phi) is 5.31. The van der Waals surface area contributed by atoms with Crippen LogP contribution in [-0.4, -0.2) is 18.8 Å². The van der Waals surface area contributed by atoms with Crippen LogP contribution in [0.15, 0.2) is 48.5 Å². The normalized spacial score (nSPS) is 10.3. The third-order valence-corrected chi connectivity index (χ3v) is 3.25. The summed E-state index contributed by atoms with van der Waals surface area (Å²) in [6.07, 6.45) is 0.761. The molecular formula is C18H19NO3. The van der Waals surface area contributed by atoms with Crippen molar-refractivity contribution in [3.63, 3.8) is 0 Å². The number of ether oxygens (including phenoxy) is 1. The summed E-state index contributed by atoms with van der Waals surface area (Å²) >= 11 is 0. The zero-order valence-electron chi connectivity index (χ0n) is 12.7. The number of carbonyl (C=O) groups excluding carboxylic acids is 2. The highest BCUT2D eigenvalue weighted by Crippen LogP contribution is 2.17. The fourth-order valence-corrected chi connectivity index (χ4v) is 1.94. The van der Waals surface area contributed by atoms with Gasteiger partial charge in [-0.1, -0.05) is 26.0 Å². The molecule has 0 saturated carbocycles. The number of hydrogen-bond donors (Lipinski definition) is 1. The van der Waals surface area contributed by atoms with E-state index in [0.29, 0.717) is 17.2 Å². The van der Waals surface area contributed by atoms with Crippen molar-refractivity contribution in [3.05, 3.63) is 59.7 Å². The van der Waals surface area contributed by atoms with E-state index >= 15 is 0 Å². The van der Waals surface area contributed by atoms with E-state index in [0.717, 1.165) is 12.0 Å². The molecule has 0 saturated heterocycles. The average Bonchev–Trinajstić information content (AvgIpc) is 2.54. The van der Waals surface area contributed by atoms with Crippen molar-refractivity contribution in [2.24, 2.45) is 0 Å². The zero-order chi connectivity index (χ0) is 15.9. The molecule has 0 aromatic heterocycles. The summed E-state index contributed by atoms with van der Waals surface area (Å²) in [6, 6.07) is 14.4. The number of amides is 1. The highest BCUT2D eigenvalue weighted by molar-refractivity contribution is 5.91. The Bertz CT molecular complexity index is 630. The van der Waals surface area contributed by atoms with Gasteiger partial charge in [-0.05, 0) is 47.9 Å². The van der Waals surface area contributed by atoms with Crippen LogP contribution in [0.1, 0.15) is 35.7 Å². The molecule has 0 unspecified atom stereocenters. The minimum absolute atomic E-state index is 0.0770. The standard InChI is InChI=1S/C18H19NO3/c1-13(2)15-5-7-16(8-6-15)19-18(21)12-22-17-9-3-14(11-20)4-10-17/h3-11,13H,12H2,1-2H3,(H,19,21). The molecule has 4 heteroatoms. The first kappa shape index (κ1) is 15.8. The van der Waals surface area contributed by atoms with E-state index in [1.165, 1.54) is 5.56 Å². The maximum Gasteiger partial charge on any atom is 0.262 e. The summed E-state index contributed by atoms with van der Waals surface area (Å²) in [5.41, 5.74) is 2.54. The van der Waals surface area contributed by atoms with Gasteiger partial charge in [0, 0.05) is 11.3 Å². The monoisotopic (exact) mass is 297 g/mol. The zero-order valence-corrected chi connectivity index (χ0v) is 12.7. The van der Waals surface area contributed by atoms with Crippen molar-refractivity contribution >= 4 is 17.9 Å². The van der Waals surface area contributed by atoms with Gasteiger partial charge < -0.3 is 10.1 Å². The summed E-state index contributed by atoms with van der Waals surface area (Å²) < 4.78 is 5.37. The number of anilines is 1. The van der Waals surface area contributed by atoms with Crippen LogP contribution in [0, 0.1) is 0 Å². The van der Waals surface area contributed by atoms with Gasteiger partial charge >= 0.3 is 0 Å². The van der Waals surface area contributed by atoms with Crippen molar-refractivity contribution in [1.82, 2.24) is 0 Å². The van der Waals surface area contributed by atoms with E-state index < -0.39 is 0 Å². The Labute approximate surface area is 130 Å². The maximum atomic E-state index is 11.8. The smallest absolute Gasteiger partial charge is 0.262 e. The van der Waals surface area contributed by atoms with Gasteiger partial charge in [0.25, 0.3) is 5.91 Å². The van der Waals surface area contributed by atoms with E-state index in [-0.39, 0.29) is 12.5 Å². The fraction of sp³-hybridized carbons (Fsp3) is 0.222. The number of benzene rings is 2. The molecule has 0 fully saturated rings. The lowest BCUT2D eigenvalue weighted by Crippen LogP contribution is -2.20. The molecule has 2 rings (SSSR count). The molecule has 0 spiro atoms. The van der Waals surface area contributed by atoms with Crippen LogP contribution in [0.4, 0.5) is 5.69 Å². The SMILES string of the molecule is CC(C)c1ccc(NC(=O)COc2ccc(C=O)cc2)cc1. The third-order valence-electron chi connectivity index (χ3n) is 3.25. The van der Waals surface area contributed by atoms with Crippen LogP contribution in [-0.2, 0) is 4.79 Å². The number of rotatable bonds is 6. The number of hydrogen-bond acceptors (Lipinski definition) is 3. The minimum Gasteiger partial charge on any atom is -0.484 e. The van der Waals surface area contributed by atoms with Crippen LogP contribution in [0.3, 0.4) is 0 Å². The van der Waals surface area contributed by atoms with Gasteiger partial charge in [-0.2, -0.15) is 0 Å². The highest BCUT2D eigenvalue weighted by Gasteiger charge is 2.05. The molecule has 0 aliphatic carbocycles. The summed E-state index contributed by atoms with van der Waals surface area (Å²) in [6.45, 7) is 4.17. The first-order chi connectivity index (χ1) is 10.6. The van der Waals surface area contributed by atoms with Crippen molar-refractivity contribution in [2.45, 2.75) is 19.8 Å². The molecule has 0 aliphatic rings. The maximum absolute atomic E-state index is 11.8. The van der Waals surface area contributed by atoms with Crippen LogP contribution in [0.2, 0.25) is 0 Å². The van der Waals surface area contributed by atoms with Gasteiger partial charge in [0.1, 0.15) is 12.0 Å². The number of nitrogens with one attached hydrogen (secondary N) is 1. The largest absolute Gasteiger partial charge is 0.484 e. The Hall–Kier alpha value is -2.62. The Morgan fingerprint density at radius 1 is 1.09 bits per heavy atom. The molecule has 2 aromatic carbocycles. The Morgan fingerprint density at radius 3 is 2.27 bits per heavy atom. The lowest BCUT2D eigenvalue weighted by Gasteiger charge is -2.09. The number of carbonyl (C=O) groups is 2. The van der Waals surface area contributed by atoms with Crippen molar-refractivity contribution in [2.75, 3.05) is 11.9 Å². The summed E-state index contributed by atoms with van der Waals surface area (Å²) in [7, 11) is 0. The molecule has 1 N–H and O–H groups in total. The lowest BCUT2D eigenvalue weighted by atomic mass is 10.0. The summed E-state index contributed by atoms with van der Waals surface area (Å²) in [5, 5.41) is 2.78. The number of aldehydes is 1. The minimum atomic E-state index is -0.225. The molecule has 2 aromatic rings. The molecule has 0 heterocycles. The highest BCUT2D eigenvalue weighted by atomic mass is 16.5. The van der Waals surface area contributed by atoms with Gasteiger partial charge in [0.2, 0.25) is 0 Å². The van der Waals surface area contributed by atoms with Crippen molar-refractivity contribution in [3.8, 4) is 5.75 Å². The summed E-state index contributed by atoms with van der Waals surface area (Å²) in [4.78, 5) is 22.4. The van der Waals surface area contributed by atoms with E-state index in [1.807, 2.05) is 24.3 Å². The van der Waals surface area contributed by atoms with Gasteiger partial charge in [-0.15, -0.1) is 0 Å². The Morgan fingerprint density at radius 2 is 1.73 bits per heavy atom. The van der Waals surface area contributed by atoms with Gasteiger partial charge in [0.15, 0.2) is 6.61 Å². The van der Waals surface area contributed by atoms with Gasteiger partial charge in [0.05, 0.1) is 0 Å². The third kappa shape index (κ3) is 4.45. The molecule has 4 nitrogen and oxygen atoms in total. The molecule has 0 aliphatic heterocycles. The second-order valence-corrected chi connectivity index (χ2v) is 5.30. The van der Waals surface area contributed by atoms with Crippen LogP contribution in [0.5, 0.6) is 5.75 Å². The van der Waals surface area contributed by atoms with E-state index in [2.05, 4.69) is 19.2 Å².